The van der Waals surface area contributed by atoms with E-state index in [2.05, 4.69) is 0 Å². The lowest BCUT2D eigenvalue weighted by molar-refractivity contribution is 0.341. The quantitative estimate of drug-likeness (QED) is 0.754. The van der Waals surface area contributed by atoms with Gasteiger partial charge in [0.2, 0.25) is 0 Å². The van der Waals surface area contributed by atoms with Gasteiger partial charge in [0.15, 0.2) is 0 Å². The van der Waals surface area contributed by atoms with Gasteiger partial charge in [0.1, 0.15) is 0 Å². The first-order valence-electron chi connectivity index (χ1n) is 6.35. The fourth-order valence-corrected chi connectivity index (χ4v) is 1.42. The largest absolute Gasteiger partial charge is 0.504 e. The van der Waals surface area contributed by atoms with E-state index in [1.54, 1.807) is 26.7 Å². The Hall–Kier alpha value is -2.48. The molecular formula is C18H20O2. The fourth-order valence-electron chi connectivity index (χ4n) is 1.42. The third kappa shape index (κ3) is 7.07. The molecule has 0 bridgehead atoms. The maximum Gasteiger partial charge on any atom is 0.0830 e. The van der Waals surface area contributed by atoms with E-state index in [9.17, 15) is 0 Å². The molecule has 0 saturated heterocycles. The molecule has 0 saturated carbocycles. The van der Waals surface area contributed by atoms with E-state index >= 15 is 0 Å². The van der Waals surface area contributed by atoms with E-state index in [4.69, 9.17) is 9.47 Å². The number of ether oxygens (including phenoxy) is 2. The normalized spacial score (nSPS) is 10.1. The summed E-state index contributed by atoms with van der Waals surface area (Å²) >= 11 is 0. The lowest BCUT2D eigenvalue weighted by Gasteiger charge is -1.89. The van der Waals surface area contributed by atoms with E-state index < -0.39 is 0 Å². The van der Waals surface area contributed by atoms with E-state index in [-0.39, 0.29) is 0 Å². The summed E-state index contributed by atoms with van der Waals surface area (Å²) in [5.74, 6) is 0. The van der Waals surface area contributed by atoms with Crippen LogP contribution in [0.4, 0.5) is 0 Å². The second-order valence-corrected chi connectivity index (χ2v) is 3.90. The highest BCUT2D eigenvalue weighted by Crippen LogP contribution is 2.00. The van der Waals surface area contributed by atoms with Crippen LogP contribution in [0.3, 0.4) is 0 Å². The molecule has 0 unspecified atom stereocenters. The highest BCUT2D eigenvalue weighted by atomic mass is 16.5. The summed E-state index contributed by atoms with van der Waals surface area (Å²) in [5, 5.41) is 0. The molecule has 0 spiro atoms. The Morgan fingerprint density at radius 2 is 0.950 bits per heavy atom. The second-order valence-electron chi connectivity index (χ2n) is 3.90. The molecule has 2 rings (SSSR count). The predicted octanol–water partition coefficient (Wildman–Crippen LogP) is 4.61. The molecule has 0 fully saturated rings. The zero-order chi connectivity index (χ0) is 14.5. The van der Waals surface area contributed by atoms with Gasteiger partial charge < -0.3 is 9.47 Å². The summed E-state index contributed by atoms with van der Waals surface area (Å²) in [5.41, 5.74) is 2.31. The van der Waals surface area contributed by atoms with Crippen LogP contribution in [0.2, 0.25) is 0 Å². The lowest BCUT2D eigenvalue weighted by atomic mass is 10.2. The minimum Gasteiger partial charge on any atom is -0.504 e. The third-order valence-electron chi connectivity index (χ3n) is 2.39. The van der Waals surface area contributed by atoms with Gasteiger partial charge in [0.05, 0.1) is 26.7 Å². The molecule has 0 N–H and O–H groups in total. The van der Waals surface area contributed by atoms with Crippen molar-refractivity contribution in [2.75, 3.05) is 14.2 Å². The van der Waals surface area contributed by atoms with E-state index in [1.165, 1.54) is 0 Å². The van der Waals surface area contributed by atoms with Gasteiger partial charge in [0.25, 0.3) is 0 Å². The molecule has 2 aromatic rings. The minimum absolute atomic E-state index is 1.16. The molecule has 0 amide bonds. The molecular weight excluding hydrogens is 248 g/mol. The van der Waals surface area contributed by atoms with Crippen LogP contribution in [0.15, 0.2) is 73.2 Å². The van der Waals surface area contributed by atoms with Crippen LogP contribution >= 0.6 is 0 Å². The molecule has 0 aliphatic heterocycles. The van der Waals surface area contributed by atoms with Crippen LogP contribution in [0.1, 0.15) is 11.1 Å². The van der Waals surface area contributed by atoms with Crippen molar-refractivity contribution in [3.63, 3.8) is 0 Å². The smallest absolute Gasteiger partial charge is 0.0830 e. The first kappa shape index (κ1) is 15.6. The van der Waals surface area contributed by atoms with Crippen LogP contribution in [0.5, 0.6) is 0 Å². The van der Waals surface area contributed by atoms with Gasteiger partial charge in [0, 0.05) is 0 Å². The topological polar surface area (TPSA) is 18.5 Å². The molecule has 0 heterocycles. The van der Waals surface area contributed by atoms with Gasteiger partial charge in [-0.25, -0.2) is 0 Å². The fraction of sp³-hybridized carbons (Fsp3) is 0.111. The standard InChI is InChI=1S/2C9H10O/c2*1-10-8-7-9-5-3-2-4-6-9/h2*2-8H,1H3. The van der Waals surface area contributed by atoms with Crippen molar-refractivity contribution in [1.82, 2.24) is 0 Å². The van der Waals surface area contributed by atoms with E-state index in [0.717, 1.165) is 11.1 Å². The maximum atomic E-state index is 4.77. The Labute approximate surface area is 121 Å². The van der Waals surface area contributed by atoms with Crippen LogP contribution in [-0.2, 0) is 9.47 Å². The summed E-state index contributed by atoms with van der Waals surface area (Å²) in [7, 11) is 3.28. The molecule has 0 atom stereocenters. The average Bonchev–Trinajstić information content (AvgIpc) is 2.53. The van der Waals surface area contributed by atoms with Crippen molar-refractivity contribution < 1.29 is 9.47 Å². The zero-order valence-electron chi connectivity index (χ0n) is 11.9. The number of rotatable bonds is 4. The van der Waals surface area contributed by atoms with Crippen LogP contribution in [-0.4, -0.2) is 14.2 Å². The Balaban J connectivity index is 0.000000200. The molecule has 2 nitrogen and oxygen atoms in total. The number of hydrogen-bond donors (Lipinski definition) is 0. The second kappa shape index (κ2) is 10.4. The summed E-state index contributed by atoms with van der Waals surface area (Å²) in [6, 6.07) is 20.1. The Bertz CT molecular complexity index is 452. The average molecular weight is 268 g/mol. The Morgan fingerprint density at radius 1 is 0.600 bits per heavy atom. The van der Waals surface area contributed by atoms with Gasteiger partial charge in [-0.2, -0.15) is 0 Å². The summed E-state index contributed by atoms with van der Waals surface area (Å²) in [6.45, 7) is 0. The van der Waals surface area contributed by atoms with Crippen molar-refractivity contribution in [1.29, 1.82) is 0 Å². The van der Waals surface area contributed by atoms with Crippen LogP contribution < -0.4 is 0 Å². The van der Waals surface area contributed by atoms with Crippen molar-refractivity contribution in [2.45, 2.75) is 0 Å². The molecule has 20 heavy (non-hydrogen) atoms. The van der Waals surface area contributed by atoms with Gasteiger partial charge in [-0.15, -0.1) is 0 Å². The van der Waals surface area contributed by atoms with Crippen molar-refractivity contribution in [3.05, 3.63) is 84.3 Å². The minimum atomic E-state index is 1.16. The maximum absolute atomic E-state index is 4.77. The van der Waals surface area contributed by atoms with Crippen molar-refractivity contribution in [2.24, 2.45) is 0 Å². The van der Waals surface area contributed by atoms with Gasteiger partial charge in [-0.3, -0.25) is 0 Å². The summed E-state index contributed by atoms with van der Waals surface area (Å²) in [6.07, 6.45) is 7.16. The van der Waals surface area contributed by atoms with E-state index in [1.807, 2.05) is 72.8 Å². The van der Waals surface area contributed by atoms with Gasteiger partial charge >= 0.3 is 0 Å². The van der Waals surface area contributed by atoms with Crippen LogP contribution in [0, 0.1) is 0 Å². The SMILES string of the molecule is COC=Cc1ccccc1.COC=Cc1ccccc1. The summed E-state index contributed by atoms with van der Waals surface area (Å²) in [4.78, 5) is 0. The first-order valence-corrected chi connectivity index (χ1v) is 6.35. The van der Waals surface area contributed by atoms with Gasteiger partial charge in [-0.05, 0) is 23.3 Å². The predicted molar refractivity (Wildman–Crippen MR) is 85.0 cm³/mol. The molecule has 0 aliphatic rings. The third-order valence-corrected chi connectivity index (χ3v) is 2.39. The first-order chi connectivity index (χ1) is 9.86. The highest BCUT2D eigenvalue weighted by Gasteiger charge is 1.80. The Morgan fingerprint density at radius 3 is 1.25 bits per heavy atom. The monoisotopic (exact) mass is 268 g/mol. The molecule has 0 radical (unpaired) electrons. The lowest BCUT2D eigenvalue weighted by Crippen LogP contribution is -1.69. The number of benzene rings is 2. The Kier molecular flexibility index (Phi) is 8.13. The van der Waals surface area contributed by atoms with Gasteiger partial charge in [-0.1, -0.05) is 60.7 Å². The molecule has 104 valence electrons. The number of methoxy groups -OCH3 is 2. The molecule has 2 aromatic carbocycles. The summed E-state index contributed by atoms with van der Waals surface area (Å²) < 4.78 is 9.53. The zero-order valence-corrected chi connectivity index (χ0v) is 11.9. The van der Waals surface area contributed by atoms with E-state index in [0.29, 0.717) is 0 Å². The molecule has 2 heteroatoms. The van der Waals surface area contributed by atoms with Crippen LogP contribution in [0.25, 0.3) is 12.2 Å². The van der Waals surface area contributed by atoms with Crippen molar-refractivity contribution in [3.8, 4) is 0 Å². The number of hydrogen-bond acceptors (Lipinski definition) is 2. The van der Waals surface area contributed by atoms with Crippen molar-refractivity contribution >= 4 is 12.2 Å². The molecule has 0 aromatic heterocycles. The molecule has 0 aliphatic carbocycles. The highest BCUT2D eigenvalue weighted by molar-refractivity contribution is 5.47.